The zero-order chi connectivity index (χ0) is 12.7. The molecule has 1 atom stereocenters. The average Bonchev–Trinajstić information content (AvgIpc) is 2.30. The zero-order valence-electron chi connectivity index (χ0n) is 10.6. The van der Waals surface area contributed by atoms with Crippen LogP contribution in [0.1, 0.15) is 39.5 Å². The lowest BCUT2D eigenvalue weighted by atomic mass is 10.1. The topological polar surface area (TPSA) is 55.8 Å². The average molecular weight is 243 g/mol. The van der Waals surface area contributed by atoms with Crippen molar-refractivity contribution >= 4 is 12.1 Å². The minimum Gasteiger partial charge on any atom is -0.466 e. The largest absolute Gasteiger partial charge is 0.466 e. The quantitative estimate of drug-likeness (QED) is 0.708. The van der Waals surface area contributed by atoms with Crippen LogP contribution in [-0.2, 0) is 14.3 Å². The fraction of sp³-hybridized carbons (Fsp3) is 0.833. The summed E-state index contributed by atoms with van der Waals surface area (Å²) in [6.45, 7) is 5.32. The molecule has 1 aliphatic rings. The van der Waals surface area contributed by atoms with Crippen LogP contribution in [0.4, 0.5) is 4.79 Å². The molecule has 1 amide bonds. The number of ether oxygens (including phenoxy) is 2. The summed E-state index contributed by atoms with van der Waals surface area (Å²) in [5.74, 6) is -0.327. The number of esters is 1. The zero-order valence-corrected chi connectivity index (χ0v) is 10.6. The van der Waals surface area contributed by atoms with Crippen molar-refractivity contribution < 1.29 is 19.1 Å². The second kappa shape index (κ2) is 7.14. The normalized spacial score (nSPS) is 17.4. The van der Waals surface area contributed by atoms with Gasteiger partial charge in [-0.25, -0.2) is 4.79 Å². The lowest BCUT2D eigenvalue weighted by Crippen LogP contribution is -2.38. The summed E-state index contributed by atoms with van der Waals surface area (Å²) in [6.07, 6.45) is 2.60. The van der Waals surface area contributed by atoms with Crippen LogP contribution in [-0.4, -0.2) is 42.8 Å². The molecule has 0 bridgehead atoms. The van der Waals surface area contributed by atoms with Crippen molar-refractivity contribution in [3.63, 3.8) is 0 Å². The maximum absolute atomic E-state index is 11.7. The van der Waals surface area contributed by atoms with Gasteiger partial charge < -0.3 is 14.4 Å². The predicted octanol–water partition coefficient (Wildman–Crippen LogP) is 1.95. The molecule has 0 N–H and O–H groups in total. The Bertz CT molecular complexity index is 261. The molecule has 1 fully saturated rings. The van der Waals surface area contributed by atoms with Gasteiger partial charge in [-0.2, -0.15) is 0 Å². The molecule has 0 radical (unpaired) electrons. The fourth-order valence-corrected chi connectivity index (χ4v) is 1.82. The van der Waals surface area contributed by atoms with Crippen LogP contribution >= 0.6 is 0 Å². The van der Waals surface area contributed by atoms with Crippen LogP contribution in [0.15, 0.2) is 0 Å². The molecule has 98 valence electrons. The molecule has 5 heteroatoms. The lowest BCUT2D eigenvalue weighted by Gasteiger charge is -2.27. The molecule has 0 aromatic carbocycles. The number of nitrogens with zero attached hydrogens (tertiary/aromatic N) is 1. The summed E-state index contributed by atoms with van der Waals surface area (Å²) < 4.78 is 9.99. The smallest absolute Gasteiger partial charge is 0.410 e. The summed E-state index contributed by atoms with van der Waals surface area (Å²) in [7, 11) is 0. The lowest BCUT2D eigenvalue weighted by molar-refractivity contribution is -0.145. The number of amides is 1. The van der Waals surface area contributed by atoms with E-state index in [0.29, 0.717) is 6.61 Å². The van der Waals surface area contributed by atoms with Crippen molar-refractivity contribution in [2.45, 2.75) is 45.6 Å². The van der Waals surface area contributed by atoms with Crippen molar-refractivity contribution in [1.29, 1.82) is 0 Å². The fourth-order valence-electron chi connectivity index (χ4n) is 1.82. The van der Waals surface area contributed by atoms with E-state index in [-0.39, 0.29) is 18.5 Å². The number of hydrogen-bond donors (Lipinski definition) is 0. The Labute approximate surface area is 102 Å². The van der Waals surface area contributed by atoms with Gasteiger partial charge in [-0.1, -0.05) is 0 Å². The molecule has 0 aliphatic carbocycles. The number of carbonyl (C=O) groups excluding carboxylic acids is 2. The van der Waals surface area contributed by atoms with Gasteiger partial charge in [0.05, 0.1) is 13.0 Å². The van der Waals surface area contributed by atoms with Crippen molar-refractivity contribution in [1.82, 2.24) is 4.90 Å². The van der Waals surface area contributed by atoms with E-state index in [2.05, 4.69) is 0 Å². The summed E-state index contributed by atoms with van der Waals surface area (Å²) in [6, 6.07) is 0. The minimum absolute atomic E-state index is 0.118. The summed E-state index contributed by atoms with van der Waals surface area (Å²) in [4.78, 5) is 24.6. The molecule has 1 aliphatic heterocycles. The summed E-state index contributed by atoms with van der Waals surface area (Å²) in [5.41, 5.74) is 0. The molecule has 17 heavy (non-hydrogen) atoms. The maximum Gasteiger partial charge on any atom is 0.410 e. The highest BCUT2D eigenvalue weighted by atomic mass is 16.6. The highest BCUT2D eigenvalue weighted by molar-refractivity contribution is 5.71. The van der Waals surface area contributed by atoms with E-state index in [1.54, 1.807) is 18.7 Å². The van der Waals surface area contributed by atoms with E-state index in [9.17, 15) is 9.59 Å². The Balaban J connectivity index is 2.26. The van der Waals surface area contributed by atoms with Gasteiger partial charge >= 0.3 is 12.1 Å². The van der Waals surface area contributed by atoms with Crippen molar-refractivity contribution in [2.75, 3.05) is 19.7 Å². The third-order valence-corrected chi connectivity index (χ3v) is 2.68. The summed E-state index contributed by atoms with van der Waals surface area (Å²) >= 11 is 0. The first-order valence-corrected chi connectivity index (χ1v) is 6.24. The van der Waals surface area contributed by atoms with Gasteiger partial charge in [0, 0.05) is 13.1 Å². The van der Waals surface area contributed by atoms with Crippen molar-refractivity contribution in [3.05, 3.63) is 0 Å². The van der Waals surface area contributed by atoms with Crippen LogP contribution < -0.4 is 0 Å². The molecule has 5 nitrogen and oxygen atoms in total. The predicted molar refractivity (Wildman–Crippen MR) is 62.6 cm³/mol. The van der Waals surface area contributed by atoms with E-state index in [0.717, 1.165) is 25.9 Å². The van der Waals surface area contributed by atoms with E-state index in [4.69, 9.17) is 9.47 Å². The summed E-state index contributed by atoms with van der Waals surface area (Å²) in [5, 5.41) is 0. The molecule has 1 rings (SSSR count). The first kappa shape index (κ1) is 13.8. The van der Waals surface area contributed by atoms with E-state index < -0.39 is 6.10 Å². The van der Waals surface area contributed by atoms with Gasteiger partial charge in [0.2, 0.25) is 0 Å². The van der Waals surface area contributed by atoms with E-state index >= 15 is 0 Å². The van der Waals surface area contributed by atoms with Gasteiger partial charge in [-0.05, 0) is 33.1 Å². The Morgan fingerprint density at radius 3 is 2.47 bits per heavy atom. The molecule has 1 unspecified atom stereocenters. The Morgan fingerprint density at radius 1 is 1.24 bits per heavy atom. The third-order valence-electron chi connectivity index (χ3n) is 2.68. The van der Waals surface area contributed by atoms with Gasteiger partial charge in [0.25, 0.3) is 0 Å². The molecule has 1 heterocycles. The molecule has 0 saturated carbocycles. The van der Waals surface area contributed by atoms with E-state index in [1.165, 1.54) is 6.42 Å². The van der Waals surface area contributed by atoms with Crippen LogP contribution in [0.5, 0.6) is 0 Å². The molecule has 0 spiro atoms. The van der Waals surface area contributed by atoms with Crippen LogP contribution in [0.2, 0.25) is 0 Å². The van der Waals surface area contributed by atoms with E-state index in [1.807, 2.05) is 0 Å². The molecular weight excluding hydrogens is 222 g/mol. The number of carbonyl (C=O) groups is 2. The second-order valence-electron chi connectivity index (χ2n) is 4.25. The highest BCUT2D eigenvalue weighted by Gasteiger charge is 2.21. The molecule has 1 saturated heterocycles. The number of likely N-dealkylation sites (tertiary alicyclic amines) is 1. The van der Waals surface area contributed by atoms with Gasteiger partial charge in [-0.3, -0.25) is 4.79 Å². The van der Waals surface area contributed by atoms with Crippen LogP contribution in [0.25, 0.3) is 0 Å². The Hall–Kier alpha value is -1.26. The second-order valence-corrected chi connectivity index (χ2v) is 4.25. The first-order valence-electron chi connectivity index (χ1n) is 6.24. The molecule has 0 aromatic rings. The Morgan fingerprint density at radius 2 is 1.88 bits per heavy atom. The number of hydrogen-bond acceptors (Lipinski definition) is 4. The van der Waals surface area contributed by atoms with Gasteiger partial charge in [-0.15, -0.1) is 0 Å². The SMILES string of the molecule is CCOC(=O)CC(C)OC(=O)N1CCCCC1. The Kier molecular flexibility index (Phi) is 5.80. The number of rotatable bonds is 4. The highest BCUT2D eigenvalue weighted by Crippen LogP contribution is 2.11. The monoisotopic (exact) mass is 243 g/mol. The van der Waals surface area contributed by atoms with Crippen LogP contribution in [0.3, 0.4) is 0 Å². The van der Waals surface area contributed by atoms with Gasteiger partial charge in [0.1, 0.15) is 6.10 Å². The standard InChI is InChI=1S/C12H21NO4/c1-3-16-11(14)9-10(2)17-12(15)13-7-5-4-6-8-13/h10H,3-9H2,1-2H3. The van der Waals surface area contributed by atoms with Crippen molar-refractivity contribution in [3.8, 4) is 0 Å². The third kappa shape index (κ3) is 5.06. The van der Waals surface area contributed by atoms with Crippen LogP contribution in [0, 0.1) is 0 Å². The van der Waals surface area contributed by atoms with Gasteiger partial charge in [0.15, 0.2) is 0 Å². The first-order chi connectivity index (χ1) is 8.13. The minimum atomic E-state index is -0.427. The number of piperidine rings is 1. The molecule has 0 aromatic heterocycles. The van der Waals surface area contributed by atoms with Crippen molar-refractivity contribution in [2.24, 2.45) is 0 Å². The molecular formula is C12H21NO4. The maximum atomic E-state index is 11.7.